The van der Waals surface area contributed by atoms with Crippen molar-refractivity contribution in [3.8, 4) is 17.1 Å². The van der Waals surface area contributed by atoms with Crippen LogP contribution in [0.15, 0.2) is 57.2 Å². The number of carboxylic acid groups (broad SMARTS) is 1. The summed E-state index contributed by atoms with van der Waals surface area (Å²) in [5.74, 6) is -1.49. The summed E-state index contributed by atoms with van der Waals surface area (Å²) in [7, 11) is 0. The van der Waals surface area contributed by atoms with E-state index in [9.17, 15) is 19.8 Å². The molecule has 0 spiro atoms. The number of benzene rings is 2. The van der Waals surface area contributed by atoms with Crippen LogP contribution < -0.4 is 16.2 Å². The maximum atomic E-state index is 12.7. The first-order valence-electron chi connectivity index (χ1n) is 9.53. The Morgan fingerprint density at radius 2 is 1.91 bits per heavy atom. The van der Waals surface area contributed by atoms with E-state index in [0.717, 1.165) is 23.3 Å². The normalized spacial score (nSPS) is 10.5. The van der Waals surface area contributed by atoms with E-state index in [1.807, 2.05) is 13.8 Å². The van der Waals surface area contributed by atoms with Gasteiger partial charge in [-0.15, -0.1) is 11.3 Å². The third-order valence-electron chi connectivity index (χ3n) is 4.42. The molecule has 4 rings (SSSR count). The number of para-hydroxylation sites is 1. The molecule has 0 unspecified atom stereocenters. The van der Waals surface area contributed by atoms with Crippen molar-refractivity contribution < 1.29 is 24.2 Å². The summed E-state index contributed by atoms with van der Waals surface area (Å²) in [5, 5.41) is 30.2. The van der Waals surface area contributed by atoms with Gasteiger partial charge >= 0.3 is 5.97 Å². The van der Waals surface area contributed by atoms with Crippen molar-refractivity contribution in [2.24, 2.45) is 5.14 Å². The van der Waals surface area contributed by atoms with Gasteiger partial charge in [-0.25, -0.2) is 4.79 Å². The molecule has 2 aromatic heterocycles. The van der Waals surface area contributed by atoms with Gasteiger partial charge in [0.1, 0.15) is 16.3 Å². The Morgan fingerprint density at radius 1 is 1.16 bits per heavy atom. The highest BCUT2D eigenvalue weighted by molar-refractivity contribution is 7.97. The summed E-state index contributed by atoms with van der Waals surface area (Å²) >= 11 is 1.98. The van der Waals surface area contributed by atoms with Gasteiger partial charge in [0.25, 0.3) is 5.91 Å². The van der Waals surface area contributed by atoms with E-state index in [1.165, 1.54) is 18.2 Å². The van der Waals surface area contributed by atoms with Crippen molar-refractivity contribution >= 4 is 56.8 Å². The molecule has 0 radical (unpaired) electrons. The van der Waals surface area contributed by atoms with Crippen molar-refractivity contribution in [3.05, 3.63) is 59.0 Å². The average molecular weight is 472 g/mol. The average Bonchev–Trinajstić information content (AvgIpc) is 3.40. The number of nitrogens with two attached hydrogens (primary N) is 2. The summed E-state index contributed by atoms with van der Waals surface area (Å²) in [6, 6.07) is 11.1. The van der Waals surface area contributed by atoms with Crippen molar-refractivity contribution in [1.29, 1.82) is 0 Å². The number of amides is 1. The third kappa shape index (κ3) is 4.42. The number of nitrogen functional groups attached to an aromatic ring is 1. The largest absolute Gasteiger partial charge is 0.504 e. The van der Waals surface area contributed by atoms with E-state index in [0.29, 0.717) is 21.5 Å². The summed E-state index contributed by atoms with van der Waals surface area (Å²) in [5.41, 5.74) is 6.98. The molecule has 1 amide bonds. The molecule has 0 aliphatic rings. The number of aromatic hydroxyl groups is 1. The fourth-order valence-electron chi connectivity index (χ4n) is 2.98. The quantitative estimate of drug-likeness (QED) is 0.192. The molecule has 7 N–H and O–H groups in total. The minimum absolute atomic E-state index is 0.0451. The molecule has 0 saturated carbocycles. The number of phenols is 1. The Balaban J connectivity index is 0.00000141. The predicted molar refractivity (Wildman–Crippen MR) is 128 cm³/mol. The SMILES string of the molecule is CC.NSc1cc(C(=O)Nc2scc(-c3cc4cccc(O)c4o3)c2C(=O)O)ccc1N. The Kier molecular flexibility index (Phi) is 7.08. The first kappa shape index (κ1) is 23.2. The molecule has 32 heavy (non-hydrogen) atoms. The molecule has 0 saturated heterocycles. The summed E-state index contributed by atoms with van der Waals surface area (Å²) in [4.78, 5) is 25.1. The number of carboxylic acids is 1. The van der Waals surface area contributed by atoms with Gasteiger partial charge in [-0.3, -0.25) is 9.93 Å². The molecule has 0 aliphatic carbocycles. The summed E-state index contributed by atoms with van der Waals surface area (Å²) < 4.78 is 5.67. The number of carbonyl (C=O) groups is 2. The van der Waals surface area contributed by atoms with Gasteiger partial charge in [-0.05, 0) is 42.3 Å². The van der Waals surface area contributed by atoms with Gasteiger partial charge in [0, 0.05) is 32.5 Å². The Bertz CT molecular complexity index is 1300. The Morgan fingerprint density at radius 3 is 2.56 bits per heavy atom. The monoisotopic (exact) mass is 471 g/mol. The topological polar surface area (TPSA) is 152 Å². The lowest BCUT2D eigenvalue weighted by Gasteiger charge is -2.08. The van der Waals surface area contributed by atoms with E-state index in [1.54, 1.807) is 29.6 Å². The molecule has 0 fully saturated rings. The number of rotatable bonds is 5. The zero-order valence-corrected chi connectivity index (χ0v) is 18.8. The number of carbonyl (C=O) groups excluding carboxylic acids is 1. The lowest BCUT2D eigenvalue weighted by molar-refractivity contribution is 0.0699. The fourth-order valence-corrected chi connectivity index (χ4v) is 4.31. The first-order valence-corrected chi connectivity index (χ1v) is 11.3. The van der Waals surface area contributed by atoms with Crippen molar-refractivity contribution in [2.45, 2.75) is 18.7 Å². The summed E-state index contributed by atoms with van der Waals surface area (Å²) in [6.07, 6.45) is 0. The van der Waals surface area contributed by atoms with Crippen LogP contribution in [-0.2, 0) is 0 Å². The zero-order chi connectivity index (χ0) is 23.4. The number of hydrogen-bond acceptors (Lipinski definition) is 8. The van der Waals surface area contributed by atoms with E-state index >= 15 is 0 Å². The molecular weight excluding hydrogens is 450 g/mol. The van der Waals surface area contributed by atoms with Gasteiger partial charge in [0.2, 0.25) is 0 Å². The number of hydrogen-bond donors (Lipinski definition) is 5. The lowest BCUT2D eigenvalue weighted by atomic mass is 10.1. The van der Waals surface area contributed by atoms with Crippen molar-refractivity contribution in [3.63, 3.8) is 0 Å². The van der Waals surface area contributed by atoms with Gasteiger partial charge in [0.15, 0.2) is 11.3 Å². The fraction of sp³-hybridized carbons (Fsp3) is 0.0909. The molecule has 2 aromatic carbocycles. The molecule has 166 valence electrons. The molecular formula is C22H21N3O5S2. The van der Waals surface area contributed by atoms with Gasteiger partial charge in [-0.1, -0.05) is 26.0 Å². The summed E-state index contributed by atoms with van der Waals surface area (Å²) in [6.45, 7) is 4.00. The van der Waals surface area contributed by atoms with Crippen molar-refractivity contribution in [1.82, 2.24) is 0 Å². The molecule has 2 heterocycles. The standard InChI is InChI=1S/C20H15N3O5S2.C2H6/c21-12-5-4-10(7-15(12)30-22)18(25)23-19-16(20(26)27)11(8-29-19)14-6-9-2-1-3-13(24)17(9)28-14;1-2/h1-8,24H,21-22H2,(H,23,25)(H,26,27);1-2H3. The predicted octanol–water partition coefficient (Wildman–Crippen LogP) is 5.39. The van der Waals surface area contributed by atoms with E-state index in [-0.39, 0.29) is 33.2 Å². The van der Waals surface area contributed by atoms with Crippen LogP contribution in [-0.4, -0.2) is 22.1 Å². The lowest BCUT2D eigenvalue weighted by Crippen LogP contribution is -2.14. The minimum atomic E-state index is -1.22. The minimum Gasteiger partial charge on any atom is -0.504 e. The van der Waals surface area contributed by atoms with Gasteiger partial charge < -0.3 is 25.7 Å². The van der Waals surface area contributed by atoms with Crippen molar-refractivity contribution in [2.75, 3.05) is 11.1 Å². The van der Waals surface area contributed by atoms with Crippen LogP contribution in [0.2, 0.25) is 0 Å². The highest BCUT2D eigenvalue weighted by Crippen LogP contribution is 2.40. The van der Waals surface area contributed by atoms with Crippen LogP contribution in [0.4, 0.5) is 10.7 Å². The van der Waals surface area contributed by atoms with E-state index in [4.69, 9.17) is 15.3 Å². The van der Waals surface area contributed by atoms with Crippen LogP contribution in [0.5, 0.6) is 5.75 Å². The third-order valence-corrected chi connectivity index (χ3v) is 5.93. The number of nitrogens with one attached hydrogen (secondary N) is 1. The number of thiophene rings is 1. The number of phenolic OH excluding ortho intramolecular Hbond substituents is 1. The smallest absolute Gasteiger partial charge is 0.339 e. The number of fused-ring (bicyclic) bond motifs is 1. The van der Waals surface area contributed by atoms with Crippen LogP contribution in [0.3, 0.4) is 0 Å². The number of anilines is 2. The van der Waals surface area contributed by atoms with Crippen LogP contribution in [0.25, 0.3) is 22.3 Å². The first-order chi connectivity index (χ1) is 15.4. The molecule has 8 nitrogen and oxygen atoms in total. The molecule has 4 aromatic rings. The van der Waals surface area contributed by atoms with Gasteiger partial charge in [0.05, 0.1) is 0 Å². The van der Waals surface area contributed by atoms with Crippen LogP contribution >= 0.6 is 23.3 Å². The van der Waals surface area contributed by atoms with Gasteiger partial charge in [-0.2, -0.15) is 0 Å². The number of aromatic carboxylic acids is 1. The van der Waals surface area contributed by atoms with E-state index in [2.05, 4.69) is 5.32 Å². The van der Waals surface area contributed by atoms with E-state index < -0.39 is 11.9 Å². The van der Waals surface area contributed by atoms with Crippen LogP contribution in [0, 0.1) is 0 Å². The highest BCUT2D eigenvalue weighted by Gasteiger charge is 2.24. The Hall–Kier alpha value is -3.47. The number of furan rings is 1. The molecule has 0 atom stereocenters. The zero-order valence-electron chi connectivity index (χ0n) is 17.2. The highest BCUT2D eigenvalue weighted by atomic mass is 32.2. The maximum Gasteiger partial charge on any atom is 0.339 e. The van der Waals surface area contributed by atoms with Crippen LogP contribution in [0.1, 0.15) is 34.6 Å². The second kappa shape index (κ2) is 9.77. The second-order valence-corrected chi connectivity index (χ2v) is 7.84. The Labute approximate surface area is 192 Å². The second-order valence-electron chi connectivity index (χ2n) is 6.29. The molecule has 10 heteroatoms. The molecule has 0 aliphatic heterocycles. The molecule has 0 bridgehead atoms. The maximum absolute atomic E-state index is 12.7.